The fraction of sp³-hybridized carbons (Fsp3) is 0.667. The molecule has 0 bridgehead atoms. The first kappa shape index (κ1) is 18.3. The molecule has 0 saturated carbocycles. The average Bonchev–Trinajstić information content (AvgIpc) is 3.44. The van der Waals surface area contributed by atoms with Crippen LogP contribution >= 0.6 is 11.3 Å². The molecule has 2 aliphatic heterocycles. The SMILES string of the molecule is O=C(Cn1c(CN2CCCC2)nc2sc3c(c2c1=O)CCCC3)N1CCCC1. The van der Waals surface area contributed by atoms with Gasteiger partial charge < -0.3 is 4.90 Å². The minimum absolute atomic E-state index is 0.00569. The number of rotatable bonds is 4. The molecular formula is C21H28N4O2S. The minimum atomic E-state index is 0.00569. The first-order valence-electron chi connectivity index (χ1n) is 10.7. The van der Waals surface area contributed by atoms with Gasteiger partial charge in [0, 0.05) is 18.0 Å². The maximum absolute atomic E-state index is 13.5. The van der Waals surface area contributed by atoms with E-state index in [1.165, 1.54) is 29.7 Å². The van der Waals surface area contributed by atoms with Crippen LogP contribution in [0.5, 0.6) is 0 Å². The monoisotopic (exact) mass is 400 g/mol. The normalized spacial score (nSPS) is 20.2. The van der Waals surface area contributed by atoms with Crippen LogP contribution < -0.4 is 5.56 Å². The fourth-order valence-corrected chi connectivity index (χ4v) is 6.18. The van der Waals surface area contributed by atoms with E-state index in [0.29, 0.717) is 6.54 Å². The second kappa shape index (κ2) is 7.59. The van der Waals surface area contributed by atoms with E-state index in [4.69, 9.17) is 4.98 Å². The van der Waals surface area contributed by atoms with E-state index in [9.17, 15) is 9.59 Å². The van der Waals surface area contributed by atoms with Crippen LogP contribution in [0, 0.1) is 0 Å². The molecule has 7 heteroatoms. The van der Waals surface area contributed by atoms with Crippen LogP contribution in [0.25, 0.3) is 10.2 Å². The summed E-state index contributed by atoms with van der Waals surface area (Å²) in [5, 5.41) is 0.791. The van der Waals surface area contributed by atoms with Crippen LogP contribution in [0.4, 0.5) is 0 Å². The van der Waals surface area contributed by atoms with Gasteiger partial charge in [0.1, 0.15) is 17.2 Å². The third kappa shape index (κ3) is 3.28. The zero-order valence-corrected chi connectivity index (χ0v) is 17.2. The van der Waals surface area contributed by atoms with Crippen molar-refractivity contribution < 1.29 is 4.79 Å². The Balaban J connectivity index is 1.57. The number of hydrogen-bond acceptors (Lipinski definition) is 5. The van der Waals surface area contributed by atoms with Gasteiger partial charge in [-0.1, -0.05) is 0 Å². The van der Waals surface area contributed by atoms with Crippen molar-refractivity contribution >= 4 is 27.5 Å². The number of likely N-dealkylation sites (tertiary alicyclic amines) is 2. The van der Waals surface area contributed by atoms with Crippen LogP contribution in [-0.4, -0.2) is 51.4 Å². The Hall–Kier alpha value is -1.73. The summed E-state index contributed by atoms with van der Waals surface area (Å²) in [5.74, 6) is 0.832. The molecule has 28 heavy (non-hydrogen) atoms. The first-order valence-corrected chi connectivity index (χ1v) is 11.6. The highest BCUT2D eigenvalue weighted by molar-refractivity contribution is 7.18. The molecule has 2 fully saturated rings. The van der Waals surface area contributed by atoms with Crippen molar-refractivity contribution in [1.29, 1.82) is 0 Å². The second-order valence-corrected chi connectivity index (χ2v) is 9.47. The quantitative estimate of drug-likeness (QED) is 0.791. The van der Waals surface area contributed by atoms with Crippen molar-refractivity contribution in [3.8, 4) is 0 Å². The summed E-state index contributed by atoms with van der Waals surface area (Å²) >= 11 is 1.70. The van der Waals surface area contributed by atoms with Gasteiger partial charge in [-0.3, -0.25) is 19.1 Å². The molecule has 2 saturated heterocycles. The van der Waals surface area contributed by atoms with Gasteiger partial charge in [0.25, 0.3) is 5.56 Å². The highest BCUT2D eigenvalue weighted by atomic mass is 32.1. The first-order chi connectivity index (χ1) is 13.7. The summed E-state index contributed by atoms with van der Waals surface area (Å²) in [6.07, 6.45) is 8.90. The van der Waals surface area contributed by atoms with Crippen LogP contribution in [-0.2, 0) is 30.7 Å². The van der Waals surface area contributed by atoms with E-state index in [-0.39, 0.29) is 18.0 Å². The standard InChI is InChI=1S/C21H28N4O2S/c26-18(24-11-5-6-12-24)14-25-17(13-23-9-3-4-10-23)22-20-19(21(25)27)15-7-1-2-8-16(15)28-20/h1-14H2. The maximum Gasteiger partial charge on any atom is 0.263 e. The predicted molar refractivity (Wildman–Crippen MR) is 111 cm³/mol. The van der Waals surface area contributed by atoms with E-state index in [0.717, 1.165) is 74.3 Å². The number of nitrogens with zero attached hydrogens (tertiary/aromatic N) is 4. The second-order valence-electron chi connectivity index (χ2n) is 8.38. The molecule has 0 atom stereocenters. The summed E-state index contributed by atoms with van der Waals surface area (Å²) in [6.45, 7) is 4.54. The van der Waals surface area contributed by atoms with Gasteiger partial charge in [0.15, 0.2) is 0 Å². The lowest BCUT2D eigenvalue weighted by atomic mass is 9.97. The van der Waals surface area contributed by atoms with E-state index in [1.807, 2.05) is 4.90 Å². The number of hydrogen-bond donors (Lipinski definition) is 0. The Bertz CT molecular complexity index is 951. The Morgan fingerprint density at radius 1 is 0.964 bits per heavy atom. The summed E-state index contributed by atoms with van der Waals surface area (Å²) in [4.78, 5) is 37.8. The van der Waals surface area contributed by atoms with Crippen molar-refractivity contribution in [2.75, 3.05) is 26.2 Å². The lowest BCUT2D eigenvalue weighted by Crippen LogP contribution is -2.37. The van der Waals surface area contributed by atoms with Gasteiger partial charge in [-0.15, -0.1) is 11.3 Å². The Kier molecular flexibility index (Phi) is 4.97. The van der Waals surface area contributed by atoms with E-state index in [1.54, 1.807) is 15.9 Å². The Morgan fingerprint density at radius 3 is 2.46 bits per heavy atom. The van der Waals surface area contributed by atoms with Crippen LogP contribution in [0.1, 0.15) is 54.8 Å². The maximum atomic E-state index is 13.5. The Morgan fingerprint density at radius 2 is 1.68 bits per heavy atom. The van der Waals surface area contributed by atoms with Gasteiger partial charge in [-0.2, -0.15) is 0 Å². The van der Waals surface area contributed by atoms with Crippen molar-refractivity contribution in [1.82, 2.24) is 19.4 Å². The van der Waals surface area contributed by atoms with Gasteiger partial charge >= 0.3 is 0 Å². The van der Waals surface area contributed by atoms with Gasteiger partial charge in [0.2, 0.25) is 5.91 Å². The summed E-state index contributed by atoms with van der Waals surface area (Å²) in [6, 6.07) is 0. The van der Waals surface area contributed by atoms with Crippen LogP contribution in [0.15, 0.2) is 4.79 Å². The molecule has 0 spiro atoms. The van der Waals surface area contributed by atoms with E-state index < -0.39 is 0 Å². The molecule has 6 nitrogen and oxygen atoms in total. The molecule has 1 aliphatic carbocycles. The summed E-state index contributed by atoms with van der Waals surface area (Å²) < 4.78 is 1.70. The number of carbonyl (C=O) groups excluding carboxylic acids is 1. The molecule has 2 aromatic heterocycles. The van der Waals surface area contributed by atoms with E-state index >= 15 is 0 Å². The van der Waals surface area contributed by atoms with E-state index in [2.05, 4.69) is 4.90 Å². The summed E-state index contributed by atoms with van der Waals surface area (Å²) in [7, 11) is 0. The van der Waals surface area contributed by atoms with Gasteiger partial charge in [-0.05, 0) is 70.0 Å². The zero-order valence-electron chi connectivity index (χ0n) is 16.4. The van der Waals surface area contributed by atoms with Gasteiger partial charge in [-0.25, -0.2) is 4.98 Å². The topological polar surface area (TPSA) is 58.4 Å². The molecule has 3 aliphatic rings. The average molecular weight is 401 g/mol. The number of fused-ring (bicyclic) bond motifs is 3. The molecule has 1 amide bonds. The van der Waals surface area contributed by atoms with Crippen LogP contribution in [0.3, 0.4) is 0 Å². The number of amides is 1. The third-order valence-corrected chi connectivity index (χ3v) is 7.66. The van der Waals surface area contributed by atoms with Crippen molar-refractivity contribution in [2.24, 2.45) is 0 Å². The number of aromatic nitrogens is 2. The highest BCUT2D eigenvalue weighted by Gasteiger charge is 2.26. The summed E-state index contributed by atoms with van der Waals surface area (Å²) in [5.41, 5.74) is 1.21. The van der Waals surface area contributed by atoms with Crippen molar-refractivity contribution in [3.05, 3.63) is 26.6 Å². The molecule has 4 heterocycles. The lowest BCUT2D eigenvalue weighted by Gasteiger charge is -2.20. The Labute approximate surface area is 169 Å². The molecular weight excluding hydrogens is 372 g/mol. The predicted octanol–water partition coefficient (Wildman–Crippen LogP) is 2.56. The molecule has 2 aromatic rings. The molecule has 0 N–H and O–H groups in total. The number of thiophene rings is 1. The van der Waals surface area contributed by atoms with Gasteiger partial charge in [0.05, 0.1) is 11.9 Å². The minimum Gasteiger partial charge on any atom is -0.341 e. The van der Waals surface area contributed by atoms with Crippen molar-refractivity contribution in [2.45, 2.75) is 64.5 Å². The smallest absolute Gasteiger partial charge is 0.263 e. The molecule has 5 rings (SSSR count). The molecule has 0 unspecified atom stereocenters. The molecule has 0 aromatic carbocycles. The lowest BCUT2D eigenvalue weighted by molar-refractivity contribution is -0.130. The molecule has 0 radical (unpaired) electrons. The van der Waals surface area contributed by atoms with Crippen LogP contribution in [0.2, 0.25) is 0 Å². The van der Waals surface area contributed by atoms with Crippen molar-refractivity contribution in [3.63, 3.8) is 0 Å². The number of aryl methyl sites for hydroxylation is 2. The largest absolute Gasteiger partial charge is 0.341 e. The fourth-order valence-electron chi connectivity index (χ4n) is 4.91. The number of carbonyl (C=O) groups is 1. The zero-order chi connectivity index (χ0) is 19.1. The third-order valence-electron chi connectivity index (χ3n) is 6.47. The highest BCUT2D eigenvalue weighted by Crippen LogP contribution is 2.34. The molecule has 150 valence electrons.